The van der Waals surface area contributed by atoms with Crippen LogP contribution in [0.1, 0.15) is 6.42 Å². The minimum absolute atomic E-state index is 1.38. The highest BCUT2D eigenvalue weighted by atomic mass is 32.2. The van der Waals surface area contributed by atoms with Gasteiger partial charge in [0.05, 0.1) is 5.75 Å². The third-order valence-electron chi connectivity index (χ3n) is 1.34. The molecule has 0 aromatic carbocycles. The summed E-state index contributed by atoms with van der Waals surface area (Å²) in [4.78, 5) is 0. The van der Waals surface area contributed by atoms with Crippen LogP contribution in [0.3, 0.4) is 0 Å². The molecule has 0 aliphatic heterocycles. The molecule has 0 spiro atoms. The van der Waals surface area contributed by atoms with E-state index in [0.29, 0.717) is 0 Å². The topological polar surface area (TPSA) is 109 Å². The van der Waals surface area contributed by atoms with Crippen LogP contribution in [0.2, 0.25) is 0 Å². The summed E-state index contributed by atoms with van der Waals surface area (Å²) in [6.07, 6.45) is -4.87. The minimum atomic E-state index is -5.95. The van der Waals surface area contributed by atoms with Crippen LogP contribution in [0.5, 0.6) is 0 Å². The van der Waals surface area contributed by atoms with Gasteiger partial charge in [0.25, 0.3) is 10.1 Å². The first-order valence-electron chi connectivity index (χ1n) is 3.32. The molecule has 1 unspecified atom stereocenters. The highest BCUT2D eigenvalue weighted by molar-refractivity contribution is 7.87. The van der Waals surface area contributed by atoms with Crippen LogP contribution < -0.4 is 0 Å². The molecule has 0 fully saturated rings. The molecule has 0 bridgehead atoms. The smallest absolute Gasteiger partial charge is 0.286 e. The molecular weight excluding hydrogens is 265 g/mol. The molecule has 15 heavy (non-hydrogen) atoms. The van der Waals surface area contributed by atoms with Crippen molar-refractivity contribution in [3.8, 4) is 0 Å². The van der Waals surface area contributed by atoms with Gasteiger partial charge in [0, 0.05) is 6.42 Å². The molecule has 6 nitrogen and oxygen atoms in total. The second kappa shape index (κ2) is 4.23. The van der Waals surface area contributed by atoms with Crippen LogP contribution in [0.4, 0.5) is 13.2 Å². The fourth-order valence-electron chi connectivity index (χ4n) is 0.582. The Hall–Kier alpha value is -0.390. The van der Waals surface area contributed by atoms with Crippen molar-refractivity contribution in [1.82, 2.24) is 0 Å². The maximum atomic E-state index is 12.5. The Morgan fingerprint density at radius 3 is 1.80 bits per heavy atom. The van der Waals surface area contributed by atoms with Gasteiger partial charge in [0.15, 0.2) is 6.17 Å². The molecule has 1 atom stereocenters. The monoisotopic (exact) mass is 272 g/mol. The Labute approximate surface area is 83.6 Å². The highest BCUT2D eigenvalue weighted by Gasteiger charge is 2.52. The van der Waals surface area contributed by atoms with E-state index in [1.165, 1.54) is 0 Å². The van der Waals surface area contributed by atoms with Crippen molar-refractivity contribution in [2.24, 2.45) is 0 Å². The summed E-state index contributed by atoms with van der Waals surface area (Å²) in [6, 6.07) is 0. The molecule has 0 saturated carbocycles. The standard InChI is InChI=1S/C4H7F3O6S2/c5-3(1-2-14(8,9)10)4(6,7)15(11,12)13/h3H,1-2H2,(H,8,9,10)(H,11,12,13). The second-order valence-corrected chi connectivity index (χ2v) is 5.65. The number of halogens is 3. The molecule has 0 rings (SSSR count). The van der Waals surface area contributed by atoms with Crippen LogP contribution in [0.25, 0.3) is 0 Å². The summed E-state index contributed by atoms with van der Waals surface area (Å²) in [5, 5.41) is -5.10. The summed E-state index contributed by atoms with van der Waals surface area (Å²) in [5.41, 5.74) is 0. The van der Waals surface area contributed by atoms with Gasteiger partial charge in [0.2, 0.25) is 0 Å². The molecule has 0 aromatic rings. The van der Waals surface area contributed by atoms with Crippen molar-refractivity contribution < 1.29 is 39.1 Å². The van der Waals surface area contributed by atoms with Crippen LogP contribution in [-0.4, -0.2) is 43.1 Å². The zero-order valence-corrected chi connectivity index (χ0v) is 8.60. The van der Waals surface area contributed by atoms with Crippen LogP contribution in [0.15, 0.2) is 0 Å². The van der Waals surface area contributed by atoms with Crippen molar-refractivity contribution >= 4 is 20.2 Å². The molecule has 0 aliphatic carbocycles. The first-order valence-corrected chi connectivity index (χ1v) is 6.37. The van der Waals surface area contributed by atoms with Crippen LogP contribution in [0, 0.1) is 0 Å². The number of hydrogen-bond donors (Lipinski definition) is 2. The predicted octanol–water partition coefficient (Wildman–Crippen LogP) is 0.0830. The quantitative estimate of drug-likeness (QED) is 0.686. The number of alkyl halides is 3. The lowest BCUT2D eigenvalue weighted by molar-refractivity contribution is -0.00365. The van der Waals surface area contributed by atoms with Gasteiger partial charge in [-0.15, -0.1) is 0 Å². The lowest BCUT2D eigenvalue weighted by Crippen LogP contribution is -2.39. The first-order chi connectivity index (χ1) is 6.38. The van der Waals surface area contributed by atoms with E-state index in [1.807, 2.05) is 0 Å². The molecule has 0 heterocycles. The van der Waals surface area contributed by atoms with E-state index in [0.717, 1.165) is 0 Å². The molecule has 0 radical (unpaired) electrons. The Kier molecular flexibility index (Phi) is 4.12. The average Bonchev–Trinajstić information content (AvgIpc) is 1.96. The van der Waals surface area contributed by atoms with Crippen molar-refractivity contribution in [3.63, 3.8) is 0 Å². The first kappa shape index (κ1) is 14.6. The molecule has 0 aromatic heterocycles. The van der Waals surface area contributed by atoms with Gasteiger partial charge in [-0.3, -0.25) is 9.11 Å². The molecule has 0 amide bonds. The van der Waals surface area contributed by atoms with Gasteiger partial charge in [0.1, 0.15) is 0 Å². The number of rotatable bonds is 5. The summed E-state index contributed by atoms with van der Waals surface area (Å²) >= 11 is 0. The molecule has 0 aliphatic rings. The molecule has 2 N–H and O–H groups in total. The minimum Gasteiger partial charge on any atom is -0.286 e. The maximum Gasteiger partial charge on any atom is 0.400 e. The van der Waals surface area contributed by atoms with Gasteiger partial charge in [-0.1, -0.05) is 0 Å². The molecule has 11 heteroatoms. The van der Waals surface area contributed by atoms with Gasteiger partial charge in [-0.2, -0.15) is 25.6 Å². The van der Waals surface area contributed by atoms with E-state index in [2.05, 4.69) is 0 Å². The van der Waals surface area contributed by atoms with Gasteiger partial charge in [-0.05, 0) is 0 Å². The SMILES string of the molecule is O=S(=O)(O)CCC(F)C(F)(F)S(=O)(=O)O. The van der Waals surface area contributed by atoms with Crippen molar-refractivity contribution in [1.29, 1.82) is 0 Å². The third kappa shape index (κ3) is 4.32. The van der Waals surface area contributed by atoms with E-state index < -0.39 is 43.8 Å². The predicted molar refractivity (Wildman–Crippen MR) is 42.4 cm³/mol. The van der Waals surface area contributed by atoms with E-state index in [4.69, 9.17) is 9.11 Å². The van der Waals surface area contributed by atoms with E-state index in [9.17, 15) is 30.0 Å². The summed E-state index contributed by atoms with van der Waals surface area (Å²) in [6.45, 7) is 0. The van der Waals surface area contributed by atoms with Crippen molar-refractivity contribution in [2.75, 3.05) is 5.75 Å². The average molecular weight is 272 g/mol. The normalized spacial score (nSPS) is 16.3. The van der Waals surface area contributed by atoms with Crippen molar-refractivity contribution in [2.45, 2.75) is 17.8 Å². The van der Waals surface area contributed by atoms with E-state index in [-0.39, 0.29) is 0 Å². The van der Waals surface area contributed by atoms with Gasteiger partial charge in [-0.25, -0.2) is 4.39 Å². The fourth-order valence-corrected chi connectivity index (χ4v) is 1.53. The van der Waals surface area contributed by atoms with Gasteiger partial charge < -0.3 is 0 Å². The summed E-state index contributed by atoms with van der Waals surface area (Å²) in [7, 11) is -10.6. The summed E-state index contributed by atoms with van der Waals surface area (Å²) in [5.74, 6) is -1.38. The Morgan fingerprint density at radius 1 is 1.13 bits per heavy atom. The molecular formula is C4H7F3O6S2. The largest absolute Gasteiger partial charge is 0.400 e. The third-order valence-corrected chi connectivity index (χ3v) is 3.03. The molecule has 92 valence electrons. The Bertz CT molecular complexity index is 412. The Morgan fingerprint density at radius 2 is 1.53 bits per heavy atom. The fraction of sp³-hybridized carbons (Fsp3) is 1.00. The van der Waals surface area contributed by atoms with E-state index in [1.54, 1.807) is 0 Å². The van der Waals surface area contributed by atoms with E-state index >= 15 is 0 Å². The van der Waals surface area contributed by atoms with Gasteiger partial charge >= 0.3 is 15.4 Å². The second-order valence-electron chi connectivity index (χ2n) is 2.58. The zero-order chi connectivity index (χ0) is 12.5. The summed E-state index contributed by atoms with van der Waals surface area (Å²) < 4.78 is 93.4. The lowest BCUT2D eigenvalue weighted by Gasteiger charge is -2.16. The zero-order valence-electron chi connectivity index (χ0n) is 6.97. The number of hydrogen-bond acceptors (Lipinski definition) is 4. The highest BCUT2D eigenvalue weighted by Crippen LogP contribution is 2.29. The maximum absolute atomic E-state index is 12.5. The lowest BCUT2D eigenvalue weighted by atomic mass is 10.3. The molecule has 0 saturated heterocycles. The Balaban J connectivity index is 4.68. The van der Waals surface area contributed by atoms with Crippen LogP contribution in [-0.2, 0) is 20.2 Å². The van der Waals surface area contributed by atoms with Crippen molar-refractivity contribution in [3.05, 3.63) is 0 Å². The van der Waals surface area contributed by atoms with Crippen LogP contribution >= 0.6 is 0 Å².